The van der Waals surface area contributed by atoms with E-state index in [-0.39, 0.29) is 23.9 Å². The summed E-state index contributed by atoms with van der Waals surface area (Å²) in [7, 11) is 0. The number of hydrogen-bond acceptors (Lipinski definition) is 8. The molecule has 1 aliphatic heterocycles. The molecular formula is C21H26N4O5S. The number of carbonyl (C=O) groups is 3. The molecule has 3 rings (SSSR count). The van der Waals surface area contributed by atoms with Crippen molar-refractivity contribution >= 4 is 41.2 Å². The third-order valence-electron chi connectivity index (χ3n) is 4.54. The van der Waals surface area contributed by atoms with Crippen LogP contribution in [0.25, 0.3) is 0 Å². The average Bonchev–Trinajstić information content (AvgIpc) is 3.19. The highest BCUT2D eigenvalue weighted by molar-refractivity contribution is 8.01. The first-order valence-corrected chi connectivity index (χ1v) is 10.8. The third kappa shape index (κ3) is 4.68. The minimum Gasteiger partial charge on any atom is -0.459 e. The quantitative estimate of drug-likeness (QED) is 0.538. The van der Waals surface area contributed by atoms with Gasteiger partial charge in [0.25, 0.3) is 5.91 Å². The number of benzene rings is 1. The molecule has 1 aromatic heterocycles. The number of nitrogen functional groups attached to an aromatic ring is 1. The molecule has 0 radical (unpaired) electrons. The highest BCUT2D eigenvalue weighted by atomic mass is 32.2. The fourth-order valence-corrected chi connectivity index (χ4v) is 4.55. The molecule has 9 nitrogen and oxygen atoms in total. The number of rotatable bonds is 4. The molecule has 3 N–H and O–H groups in total. The van der Waals surface area contributed by atoms with Gasteiger partial charge in [0.05, 0.1) is 12.2 Å². The van der Waals surface area contributed by atoms with Crippen molar-refractivity contribution in [1.29, 1.82) is 0 Å². The Kier molecular flexibility index (Phi) is 6.30. The van der Waals surface area contributed by atoms with E-state index in [2.05, 4.69) is 10.4 Å². The average molecular weight is 447 g/mol. The summed E-state index contributed by atoms with van der Waals surface area (Å²) < 4.78 is 11.7. The first-order valence-electron chi connectivity index (χ1n) is 9.89. The van der Waals surface area contributed by atoms with Crippen LogP contribution in [-0.2, 0) is 14.3 Å². The predicted octanol–water partition coefficient (Wildman–Crippen LogP) is 3.64. The number of anilines is 2. The second kappa shape index (κ2) is 8.62. The topological polar surface area (TPSA) is 126 Å². The van der Waals surface area contributed by atoms with Crippen LogP contribution in [0.2, 0.25) is 0 Å². The Morgan fingerprint density at radius 2 is 1.94 bits per heavy atom. The molecule has 2 aromatic rings. The summed E-state index contributed by atoms with van der Waals surface area (Å²) in [5.41, 5.74) is 6.43. The molecule has 0 saturated heterocycles. The lowest BCUT2D eigenvalue weighted by molar-refractivity contribution is -0.154. The smallest absolute Gasteiger partial charge is 0.435 e. The Labute approximate surface area is 184 Å². The molecule has 1 aromatic carbocycles. The molecule has 0 fully saturated rings. The third-order valence-corrected chi connectivity index (χ3v) is 6.01. The first kappa shape index (κ1) is 22.7. The Morgan fingerprint density at radius 3 is 2.55 bits per heavy atom. The number of ether oxygens (including phenoxy) is 2. The van der Waals surface area contributed by atoms with Crippen LogP contribution >= 0.6 is 11.8 Å². The summed E-state index contributed by atoms with van der Waals surface area (Å²) in [6.45, 7) is 9.04. The molecular weight excluding hydrogens is 420 g/mol. The van der Waals surface area contributed by atoms with E-state index in [1.54, 1.807) is 52.0 Å². The van der Waals surface area contributed by atoms with Crippen molar-refractivity contribution in [3.63, 3.8) is 0 Å². The highest BCUT2D eigenvalue weighted by Gasteiger charge is 2.44. The standard InChI is InChI=1S/C21H26N4O5S/c1-6-29-20(28)25-18-14(11(2)15(31-18)19(27)30-21(3,4)5)16(24-25)23-17(26)12-9-7-8-10-13(12)22/h7-11,15H,6,22H2,1-5H3,(H,23,24,26). The van der Waals surface area contributed by atoms with Gasteiger partial charge in [0.1, 0.15) is 15.9 Å². The monoisotopic (exact) mass is 446 g/mol. The van der Waals surface area contributed by atoms with Crippen molar-refractivity contribution in [1.82, 2.24) is 9.78 Å². The van der Waals surface area contributed by atoms with Crippen molar-refractivity contribution in [3.8, 4) is 0 Å². The van der Waals surface area contributed by atoms with E-state index in [0.29, 0.717) is 16.3 Å². The van der Waals surface area contributed by atoms with Crippen LogP contribution in [0.15, 0.2) is 29.3 Å². The number of carbonyl (C=O) groups excluding carboxylic acids is 3. The van der Waals surface area contributed by atoms with Crippen LogP contribution in [0.3, 0.4) is 0 Å². The maximum atomic E-state index is 12.8. The lowest BCUT2D eigenvalue weighted by Gasteiger charge is -2.23. The van der Waals surface area contributed by atoms with Crippen molar-refractivity contribution in [2.45, 2.75) is 56.4 Å². The van der Waals surface area contributed by atoms with E-state index < -0.39 is 28.8 Å². The zero-order valence-corrected chi connectivity index (χ0v) is 18.9. The number of aromatic nitrogens is 2. The highest BCUT2D eigenvalue weighted by Crippen LogP contribution is 2.49. The number of fused-ring (bicyclic) bond motifs is 1. The van der Waals surface area contributed by atoms with Gasteiger partial charge in [0, 0.05) is 17.2 Å². The molecule has 2 atom stereocenters. The van der Waals surface area contributed by atoms with Gasteiger partial charge >= 0.3 is 12.1 Å². The summed E-state index contributed by atoms with van der Waals surface area (Å²) in [5.74, 6) is -1.04. The fourth-order valence-electron chi connectivity index (χ4n) is 3.20. The lowest BCUT2D eigenvalue weighted by atomic mass is 9.99. The number of para-hydroxylation sites is 1. The molecule has 2 heterocycles. The number of hydrogen-bond donors (Lipinski definition) is 2. The van der Waals surface area contributed by atoms with Crippen LogP contribution < -0.4 is 11.1 Å². The van der Waals surface area contributed by atoms with E-state index >= 15 is 0 Å². The van der Waals surface area contributed by atoms with Gasteiger partial charge in [0.15, 0.2) is 5.82 Å². The minimum atomic E-state index is -0.692. The van der Waals surface area contributed by atoms with Crippen LogP contribution in [0.5, 0.6) is 0 Å². The van der Waals surface area contributed by atoms with Gasteiger partial charge in [0.2, 0.25) is 0 Å². The number of esters is 1. The summed E-state index contributed by atoms with van der Waals surface area (Å²) in [6, 6.07) is 6.63. The largest absolute Gasteiger partial charge is 0.459 e. The number of thioether (sulfide) groups is 1. The van der Waals surface area contributed by atoms with Gasteiger partial charge in [-0.25, -0.2) is 4.79 Å². The van der Waals surface area contributed by atoms with Crippen LogP contribution in [0.1, 0.15) is 56.5 Å². The van der Waals surface area contributed by atoms with Gasteiger partial charge in [-0.2, -0.15) is 4.68 Å². The second-order valence-corrected chi connectivity index (χ2v) is 9.21. The Hall–Kier alpha value is -3.01. The van der Waals surface area contributed by atoms with Crippen molar-refractivity contribution in [2.75, 3.05) is 17.7 Å². The molecule has 1 amide bonds. The summed E-state index contributed by atoms with van der Waals surface area (Å²) in [5, 5.41) is 6.84. The first-order chi connectivity index (χ1) is 14.5. The molecule has 0 saturated carbocycles. The predicted molar refractivity (Wildman–Crippen MR) is 117 cm³/mol. The molecule has 166 valence electrons. The number of nitrogens with two attached hydrogens (primary N) is 1. The van der Waals surface area contributed by atoms with E-state index in [4.69, 9.17) is 15.2 Å². The number of nitrogens with one attached hydrogen (secondary N) is 1. The van der Waals surface area contributed by atoms with Crippen molar-refractivity contribution in [2.24, 2.45) is 0 Å². The molecule has 1 aliphatic rings. The Balaban J connectivity index is 1.97. The summed E-state index contributed by atoms with van der Waals surface area (Å²) in [6.07, 6.45) is -0.692. The van der Waals surface area contributed by atoms with Gasteiger partial charge in [-0.3, -0.25) is 9.59 Å². The molecule has 2 unspecified atom stereocenters. The van der Waals surface area contributed by atoms with Gasteiger partial charge in [-0.1, -0.05) is 30.8 Å². The van der Waals surface area contributed by atoms with Gasteiger partial charge in [-0.15, -0.1) is 5.10 Å². The van der Waals surface area contributed by atoms with Crippen LogP contribution in [0.4, 0.5) is 16.3 Å². The zero-order valence-electron chi connectivity index (χ0n) is 18.1. The van der Waals surface area contributed by atoms with Gasteiger partial charge in [-0.05, 0) is 39.8 Å². The van der Waals surface area contributed by atoms with Gasteiger partial charge < -0.3 is 20.5 Å². The van der Waals surface area contributed by atoms with Crippen LogP contribution in [0, 0.1) is 0 Å². The maximum absolute atomic E-state index is 12.8. The fraction of sp³-hybridized carbons (Fsp3) is 0.429. The summed E-state index contributed by atoms with van der Waals surface area (Å²) in [4.78, 5) is 38.0. The molecule has 31 heavy (non-hydrogen) atoms. The SMILES string of the molecule is CCOC(=O)n1nc(NC(=O)c2ccccc2N)c2c1SC(C(=O)OC(C)(C)C)C2C. The minimum absolute atomic E-state index is 0.158. The maximum Gasteiger partial charge on any atom is 0.435 e. The molecule has 0 spiro atoms. The normalized spacial score (nSPS) is 17.7. The Morgan fingerprint density at radius 1 is 1.26 bits per heavy atom. The second-order valence-electron chi connectivity index (χ2n) is 8.08. The van der Waals surface area contributed by atoms with Crippen LogP contribution in [-0.4, -0.2) is 45.2 Å². The number of nitrogens with zero attached hydrogens (tertiary/aromatic N) is 2. The van der Waals surface area contributed by atoms with E-state index in [1.165, 1.54) is 11.8 Å². The lowest BCUT2D eigenvalue weighted by Crippen LogP contribution is -2.31. The number of amides is 1. The van der Waals surface area contributed by atoms with Crippen molar-refractivity contribution in [3.05, 3.63) is 35.4 Å². The molecule has 10 heteroatoms. The molecule has 0 aliphatic carbocycles. The van der Waals surface area contributed by atoms with Crippen molar-refractivity contribution < 1.29 is 23.9 Å². The van der Waals surface area contributed by atoms with E-state index in [9.17, 15) is 14.4 Å². The zero-order chi connectivity index (χ0) is 22.9. The Bertz CT molecular complexity index is 1030. The van der Waals surface area contributed by atoms with E-state index in [1.807, 2.05) is 6.92 Å². The van der Waals surface area contributed by atoms with E-state index in [0.717, 1.165) is 4.68 Å². The molecule has 0 bridgehead atoms. The summed E-state index contributed by atoms with van der Waals surface area (Å²) >= 11 is 1.17.